The van der Waals surface area contributed by atoms with Gasteiger partial charge >= 0.3 is 0 Å². The van der Waals surface area contributed by atoms with E-state index in [1.54, 1.807) is 24.5 Å². The molecule has 19 heavy (non-hydrogen) atoms. The fourth-order valence-corrected chi connectivity index (χ4v) is 3.31. The molecule has 1 aliphatic rings. The SMILES string of the molecule is O=C(c1ccc(Cl)s1)N1CC(Cn2cc(Cl)cn2)C1. The van der Waals surface area contributed by atoms with Crippen LogP contribution in [0.25, 0.3) is 0 Å². The highest BCUT2D eigenvalue weighted by atomic mass is 35.5. The van der Waals surface area contributed by atoms with Crippen molar-refractivity contribution >= 4 is 40.4 Å². The van der Waals surface area contributed by atoms with Gasteiger partial charge in [0.05, 0.1) is 20.4 Å². The van der Waals surface area contributed by atoms with Crippen molar-refractivity contribution in [1.29, 1.82) is 0 Å². The van der Waals surface area contributed by atoms with E-state index in [4.69, 9.17) is 23.2 Å². The molecule has 0 aliphatic carbocycles. The zero-order valence-electron chi connectivity index (χ0n) is 9.92. The number of halogens is 2. The molecule has 0 aromatic carbocycles. The van der Waals surface area contributed by atoms with Crippen molar-refractivity contribution in [2.75, 3.05) is 13.1 Å². The van der Waals surface area contributed by atoms with Crippen LogP contribution in [-0.4, -0.2) is 33.7 Å². The van der Waals surface area contributed by atoms with E-state index in [-0.39, 0.29) is 5.91 Å². The lowest BCUT2D eigenvalue weighted by molar-refractivity contribution is 0.0466. The third-order valence-corrected chi connectivity index (χ3v) is 4.49. The Bertz CT molecular complexity index is 604. The number of aromatic nitrogens is 2. The minimum atomic E-state index is 0.0617. The molecule has 0 spiro atoms. The smallest absolute Gasteiger partial charge is 0.263 e. The third kappa shape index (κ3) is 2.78. The Morgan fingerprint density at radius 2 is 2.21 bits per heavy atom. The highest BCUT2D eigenvalue weighted by Gasteiger charge is 2.32. The molecule has 3 rings (SSSR count). The molecule has 1 saturated heterocycles. The molecule has 3 heterocycles. The van der Waals surface area contributed by atoms with Crippen molar-refractivity contribution in [3.63, 3.8) is 0 Å². The monoisotopic (exact) mass is 315 g/mol. The molecule has 100 valence electrons. The van der Waals surface area contributed by atoms with Gasteiger partial charge in [0.25, 0.3) is 5.91 Å². The van der Waals surface area contributed by atoms with E-state index in [1.807, 2.05) is 9.58 Å². The first-order valence-electron chi connectivity index (χ1n) is 5.84. The third-order valence-electron chi connectivity index (χ3n) is 3.08. The first kappa shape index (κ1) is 13.0. The summed E-state index contributed by atoms with van der Waals surface area (Å²) in [5, 5.41) is 4.77. The van der Waals surface area contributed by atoms with Gasteiger partial charge in [0.2, 0.25) is 0 Å². The maximum Gasteiger partial charge on any atom is 0.263 e. The topological polar surface area (TPSA) is 38.1 Å². The van der Waals surface area contributed by atoms with Crippen molar-refractivity contribution in [1.82, 2.24) is 14.7 Å². The Morgan fingerprint density at radius 3 is 2.79 bits per heavy atom. The number of hydrogen-bond acceptors (Lipinski definition) is 3. The highest BCUT2D eigenvalue weighted by Crippen LogP contribution is 2.26. The Hall–Kier alpha value is -1.04. The normalized spacial score (nSPS) is 15.6. The molecule has 1 aliphatic heterocycles. The largest absolute Gasteiger partial charge is 0.337 e. The average Bonchev–Trinajstić information content (AvgIpc) is 2.91. The van der Waals surface area contributed by atoms with Crippen LogP contribution >= 0.6 is 34.5 Å². The maximum absolute atomic E-state index is 12.1. The number of nitrogens with zero attached hydrogens (tertiary/aromatic N) is 3. The molecule has 2 aromatic heterocycles. The van der Waals surface area contributed by atoms with E-state index in [9.17, 15) is 4.79 Å². The van der Waals surface area contributed by atoms with Crippen molar-refractivity contribution < 1.29 is 4.79 Å². The van der Waals surface area contributed by atoms with Gasteiger partial charge in [-0.2, -0.15) is 5.10 Å². The Morgan fingerprint density at radius 1 is 1.42 bits per heavy atom. The van der Waals surface area contributed by atoms with Gasteiger partial charge in [-0.05, 0) is 12.1 Å². The predicted octanol–water partition coefficient (Wildman–Crippen LogP) is 3.02. The summed E-state index contributed by atoms with van der Waals surface area (Å²) in [6.07, 6.45) is 3.42. The summed E-state index contributed by atoms with van der Waals surface area (Å²) in [4.78, 5) is 14.6. The number of hydrogen-bond donors (Lipinski definition) is 0. The van der Waals surface area contributed by atoms with Crippen LogP contribution in [0, 0.1) is 5.92 Å². The molecular formula is C12H11Cl2N3OS. The summed E-state index contributed by atoms with van der Waals surface area (Å²) in [5.41, 5.74) is 0. The van der Waals surface area contributed by atoms with Crippen LogP contribution in [0.2, 0.25) is 9.36 Å². The molecule has 0 bridgehead atoms. The summed E-state index contributed by atoms with van der Waals surface area (Å²) in [6, 6.07) is 3.53. The molecule has 2 aromatic rings. The standard InChI is InChI=1S/C12H11Cl2N3OS/c13-9-3-15-17(7-9)6-8-4-16(5-8)12(18)10-1-2-11(14)19-10/h1-3,7-8H,4-6H2. The fraction of sp³-hybridized carbons (Fsp3) is 0.333. The second-order valence-electron chi connectivity index (χ2n) is 4.56. The van der Waals surface area contributed by atoms with Crippen LogP contribution in [0.15, 0.2) is 24.5 Å². The van der Waals surface area contributed by atoms with E-state index in [2.05, 4.69) is 5.10 Å². The molecule has 0 atom stereocenters. The molecule has 0 N–H and O–H groups in total. The van der Waals surface area contributed by atoms with Gasteiger partial charge in [-0.1, -0.05) is 23.2 Å². The molecule has 7 heteroatoms. The summed E-state index contributed by atoms with van der Waals surface area (Å²) in [6.45, 7) is 2.30. The lowest BCUT2D eigenvalue weighted by Crippen LogP contribution is -2.51. The van der Waals surface area contributed by atoms with Gasteiger partial charge in [0.1, 0.15) is 0 Å². The van der Waals surface area contributed by atoms with E-state index in [0.29, 0.717) is 20.2 Å². The Labute approximate surface area is 124 Å². The number of thiophene rings is 1. The van der Waals surface area contributed by atoms with Crippen molar-refractivity contribution in [3.8, 4) is 0 Å². The van der Waals surface area contributed by atoms with Gasteiger partial charge < -0.3 is 4.90 Å². The van der Waals surface area contributed by atoms with Gasteiger partial charge in [0.15, 0.2) is 0 Å². The molecule has 0 unspecified atom stereocenters. The number of carbonyl (C=O) groups excluding carboxylic acids is 1. The summed E-state index contributed by atoms with van der Waals surface area (Å²) in [5.74, 6) is 0.502. The molecule has 4 nitrogen and oxygen atoms in total. The summed E-state index contributed by atoms with van der Waals surface area (Å²) in [7, 11) is 0. The van der Waals surface area contributed by atoms with Crippen LogP contribution in [0.4, 0.5) is 0 Å². The first-order valence-corrected chi connectivity index (χ1v) is 7.41. The summed E-state index contributed by atoms with van der Waals surface area (Å²) < 4.78 is 2.46. The van der Waals surface area contributed by atoms with Crippen LogP contribution in [0.3, 0.4) is 0 Å². The summed E-state index contributed by atoms with van der Waals surface area (Å²) >= 11 is 13.0. The van der Waals surface area contributed by atoms with Gasteiger partial charge in [-0.3, -0.25) is 9.48 Å². The minimum absolute atomic E-state index is 0.0617. The molecule has 0 saturated carbocycles. The fourth-order valence-electron chi connectivity index (χ4n) is 2.14. The molecular weight excluding hydrogens is 305 g/mol. The second-order valence-corrected chi connectivity index (χ2v) is 6.71. The van der Waals surface area contributed by atoms with Crippen molar-refractivity contribution in [3.05, 3.63) is 38.8 Å². The van der Waals surface area contributed by atoms with Crippen molar-refractivity contribution in [2.45, 2.75) is 6.54 Å². The van der Waals surface area contributed by atoms with E-state index < -0.39 is 0 Å². The maximum atomic E-state index is 12.1. The lowest BCUT2D eigenvalue weighted by atomic mass is 10.00. The number of amides is 1. The van der Waals surface area contributed by atoms with E-state index >= 15 is 0 Å². The Kier molecular flexibility index (Phi) is 3.52. The number of carbonyl (C=O) groups is 1. The number of rotatable bonds is 3. The zero-order chi connectivity index (χ0) is 13.4. The molecule has 0 radical (unpaired) electrons. The van der Waals surface area contributed by atoms with Gasteiger partial charge in [0, 0.05) is 31.7 Å². The molecule has 1 amide bonds. The van der Waals surface area contributed by atoms with Crippen LogP contribution in [0.1, 0.15) is 9.67 Å². The quantitative estimate of drug-likeness (QED) is 0.873. The lowest BCUT2D eigenvalue weighted by Gasteiger charge is -2.38. The van der Waals surface area contributed by atoms with Crippen molar-refractivity contribution in [2.24, 2.45) is 5.92 Å². The van der Waals surface area contributed by atoms with E-state index in [1.165, 1.54) is 11.3 Å². The van der Waals surface area contributed by atoms with Crippen LogP contribution in [-0.2, 0) is 6.54 Å². The van der Waals surface area contributed by atoms with Crippen LogP contribution in [0.5, 0.6) is 0 Å². The second kappa shape index (κ2) is 5.15. The van der Waals surface area contributed by atoms with E-state index in [0.717, 1.165) is 19.6 Å². The highest BCUT2D eigenvalue weighted by molar-refractivity contribution is 7.17. The first-order chi connectivity index (χ1) is 9.11. The predicted molar refractivity (Wildman–Crippen MR) is 76.0 cm³/mol. The van der Waals surface area contributed by atoms with Gasteiger partial charge in [-0.15, -0.1) is 11.3 Å². The van der Waals surface area contributed by atoms with Crippen LogP contribution < -0.4 is 0 Å². The van der Waals surface area contributed by atoms with Gasteiger partial charge in [-0.25, -0.2) is 0 Å². The minimum Gasteiger partial charge on any atom is -0.337 e. The molecule has 1 fully saturated rings. The average molecular weight is 316 g/mol. The number of likely N-dealkylation sites (tertiary alicyclic amines) is 1. The Balaban J connectivity index is 1.54. The zero-order valence-corrected chi connectivity index (χ0v) is 12.3.